The zero-order valence-corrected chi connectivity index (χ0v) is 8.90. The van der Waals surface area contributed by atoms with Crippen LogP contribution in [0.25, 0.3) is 0 Å². The number of nitrogens with one attached hydrogen (secondary N) is 1. The van der Waals surface area contributed by atoms with E-state index in [1.165, 1.54) is 0 Å². The Balaban J connectivity index is 2.77. The standard InChI is InChI=1S/C11H15N3O2/c12-6-5-8-3-1-2-4-9(8)11(16)14-7-10(13)15/h1-4H,5-7,12H2,(H2,13,15)(H,14,16). The van der Waals surface area contributed by atoms with E-state index >= 15 is 0 Å². The van der Waals surface area contributed by atoms with E-state index in [2.05, 4.69) is 5.32 Å². The average Bonchev–Trinajstić information content (AvgIpc) is 2.27. The largest absolute Gasteiger partial charge is 0.368 e. The third-order valence-corrected chi connectivity index (χ3v) is 2.10. The van der Waals surface area contributed by atoms with Gasteiger partial charge in [0.2, 0.25) is 5.91 Å². The van der Waals surface area contributed by atoms with Crippen molar-refractivity contribution in [3.8, 4) is 0 Å². The van der Waals surface area contributed by atoms with E-state index in [-0.39, 0.29) is 12.5 Å². The lowest BCUT2D eigenvalue weighted by Gasteiger charge is -2.08. The van der Waals surface area contributed by atoms with Crippen molar-refractivity contribution in [2.45, 2.75) is 6.42 Å². The average molecular weight is 221 g/mol. The zero-order chi connectivity index (χ0) is 12.0. The molecule has 0 heterocycles. The molecular formula is C11H15N3O2. The molecule has 0 saturated carbocycles. The van der Waals surface area contributed by atoms with Crippen LogP contribution in [-0.4, -0.2) is 24.9 Å². The Kier molecular flexibility index (Phi) is 4.47. The van der Waals surface area contributed by atoms with Crippen LogP contribution in [0.5, 0.6) is 0 Å². The van der Waals surface area contributed by atoms with E-state index in [1.807, 2.05) is 12.1 Å². The van der Waals surface area contributed by atoms with Gasteiger partial charge in [-0.1, -0.05) is 18.2 Å². The second-order valence-corrected chi connectivity index (χ2v) is 3.34. The first-order valence-electron chi connectivity index (χ1n) is 4.99. The van der Waals surface area contributed by atoms with E-state index in [1.54, 1.807) is 12.1 Å². The summed E-state index contributed by atoms with van der Waals surface area (Å²) in [6.07, 6.45) is 0.625. The van der Waals surface area contributed by atoms with Crippen molar-refractivity contribution < 1.29 is 9.59 Å². The fraction of sp³-hybridized carbons (Fsp3) is 0.273. The number of hydrogen-bond acceptors (Lipinski definition) is 3. The number of carbonyl (C=O) groups excluding carboxylic acids is 2. The summed E-state index contributed by atoms with van der Waals surface area (Å²) in [5, 5.41) is 2.44. The molecule has 0 aliphatic rings. The molecule has 1 rings (SSSR count). The molecule has 0 fully saturated rings. The van der Waals surface area contributed by atoms with E-state index < -0.39 is 5.91 Å². The first-order valence-corrected chi connectivity index (χ1v) is 4.99. The number of primary amides is 1. The molecule has 1 aromatic carbocycles. The summed E-state index contributed by atoms with van der Waals surface area (Å²) in [5.41, 5.74) is 11.8. The minimum atomic E-state index is -0.565. The molecule has 0 atom stereocenters. The Morgan fingerprint density at radius 1 is 1.25 bits per heavy atom. The lowest BCUT2D eigenvalue weighted by atomic mass is 10.0. The van der Waals surface area contributed by atoms with Crippen LogP contribution in [0.15, 0.2) is 24.3 Å². The van der Waals surface area contributed by atoms with Crippen LogP contribution in [0.2, 0.25) is 0 Å². The highest BCUT2D eigenvalue weighted by atomic mass is 16.2. The summed E-state index contributed by atoms with van der Waals surface area (Å²) >= 11 is 0. The maximum atomic E-state index is 11.7. The van der Waals surface area contributed by atoms with Crippen molar-refractivity contribution in [2.24, 2.45) is 11.5 Å². The molecule has 0 unspecified atom stereocenters. The van der Waals surface area contributed by atoms with Crippen LogP contribution < -0.4 is 16.8 Å². The van der Waals surface area contributed by atoms with Gasteiger partial charge in [0.25, 0.3) is 5.91 Å². The second kappa shape index (κ2) is 5.87. The van der Waals surface area contributed by atoms with Gasteiger partial charge < -0.3 is 16.8 Å². The van der Waals surface area contributed by atoms with Gasteiger partial charge in [0.1, 0.15) is 0 Å². The molecule has 2 amide bonds. The monoisotopic (exact) mass is 221 g/mol. The van der Waals surface area contributed by atoms with Crippen LogP contribution >= 0.6 is 0 Å². The van der Waals surface area contributed by atoms with Crippen molar-refractivity contribution in [1.82, 2.24) is 5.32 Å². The van der Waals surface area contributed by atoms with Crippen molar-refractivity contribution in [3.05, 3.63) is 35.4 Å². The fourth-order valence-electron chi connectivity index (χ4n) is 1.38. The van der Waals surface area contributed by atoms with Gasteiger partial charge in [0, 0.05) is 5.56 Å². The van der Waals surface area contributed by atoms with Gasteiger partial charge in [0.05, 0.1) is 6.54 Å². The Morgan fingerprint density at radius 2 is 1.94 bits per heavy atom. The van der Waals surface area contributed by atoms with Crippen LogP contribution in [0.1, 0.15) is 15.9 Å². The number of amides is 2. The molecule has 5 nitrogen and oxygen atoms in total. The maximum Gasteiger partial charge on any atom is 0.251 e. The SMILES string of the molecule is NCCc1ccccc1C(=O)NCC(N)=O. The van der Waals surface area contributed by atoms with Gasteiger partial charge in [-0.2, -0.15) is 0 Å². The summed E-state index contributed by atoms with van der Waals surface area (Å²) in [4.78, 5) is 22.2. The maximum absolute atomic E-state index is 11.7. The first-order chi connectivity index (χ1) is 7.65. The van der Waals surface area contributed by atoms with Gasteiger partial charge in [-0.15, -0.1) is 0 Å². The smallest absolute Gasteiger partial charge is 0.251 e. The fourth-order valence-corrected chi connectivity index (χ4v) is 1.38. The predicted molar refractivity (Wildman–Crippen MR) is 60.7 cm³/mol. The molecular weight excluding hydrogens is 206 g/mol. The summed E-state index contributed by atoms with van der Waals surface area (Å²) in [5.74, 6) is -0.868. The van der Waals surface area contributed by atoms with Crippen LogP contribution in [0.4, 0.5) is 0 Å². The van der Waals surface area contributed by atoms with Gasteiger partial charge in [-0.25, -0.2) is 0 Å². The highest BCUT2D eigenvalue weighted by Crippen LogP contribution is 2.08. The third-order valence-electron chi connectivity index (χ3n) is 2.10. The van der Waals surface area contributed by atoms with Crippen LogP contribution in [-0.2, 0) is 11.2 Å². The second-order valence-electron chi connectivity index (χ2n) is 3.34. The van der Waals surface area contributed by atoms with E-state index in [0.717, 1.165) is 5.56 Å². The van der Waals surface area contributed by atoms with Crippen molar-refractivity contribution >= 4 is 11.8 Å². The molecule has 86 valence electrons. The number of benzene rings is 1. The van der Waals surface area contributed by atoms with Crippen molar-refractivity contribution in [3.63, 3.8) is 0 Å². The molecule has 5 heteroatoms. The van der Waals surface area contributed by atoms with Crippen LogP contribution in [0.3, 0.4) is 0 Å². The lowest BCUT2D eigenvalue weighted by molar-refractivity contribution is -0.117. The number of carbonyl (C=O) groups is 2. The topological polar surface area (TPSA) is 98.2 Å². The molecule has 1 aromatic rings. The molecule has 5 N–H and O–H groups in total. The molecule has 0 bridgehead atoms. The van der Waals surface area contributed by atoms with Crippen LogP contribution in [0, 0.1) is 0 Å². The Labute approximate surface area is 93.8 Å². The molecule has 0 saturated heterocycles. The molecule has 0 aromatic heterocycles. The quantitative estimate of drug-likeness (QED) is 0.619. The van der Waals surface area contributed by atoms with Gasteiger partial charge in [-0.3, -0.25) is 9.59 Å². The third kappa shape index (κ3) is 3.36. The minimum Gasteiger partial charge on any atom is -0.368 e. The first kappa shape index (κ1) is 12.2. The Bertz CT molecular complexity index is 391. The highest BCUT2D eigenvalue weighted by molar-refractivity contribution is 5.97. The van der Waals surface area contributed by atoms with E-state index in [4.69, 9.17) is 11.5 Å². The van der Waals surface area contributed by atoms with E-state index in [9.17, 15) is 9.59 Å². The highest BCUT2D eigenvalue weighted by Gasteiger charge is 2.10. The van der Waals surface area contributed by atoms with Gasteiger partial charge in [-0.05, 0) is 24.6 Å². The number of hydrogen-bond donors (Lipinski definition) is 3. The normalized spacial score (nSPS) is 9.81. The summed E-state index contributed by atoms with van der Waals surface area (Å²) in [6.45, 7) is 0.315. The Hall–Kier alpha value is -1.88. The Morgan fingerprint density at radius 3 is 2.56 bits per heavy atom. The molecule has 0 aliphatic carbocycles. The summed E-state index contributed by atoms with van der Waals surface area (Å²) in [7, 11) is 0. The number of rotatable bonds is 5. The lowest BCUT2D eigenvalue weighted by Crippen LogP contribution is -2.33. The van der Waals surface area contributed by atoms with Gasteiger partial charge in [0.15, 0.2) is 0 Å². The predicted octanol–water partition coefficient (Wildman–Crippen LogP) is -0.597. The number of nitrogens with two attached hydrogens (primary N) is 2. The van der Waals surface area contributed by atoms with Crippen molar-refractivity contribution in [1.29, 1.82) is 0 Å². The zero-order valence-electron chi connectivity index (χ0n) is 8.90. The van der Waals surface area contributed by atoms with Gasteiger partial charge >= 0.3 is 0 Å². The summed E-state index contributed by atoms with van der Waals surface area (Å²) < 4.78 is 0. The van der Waals surface area contributed by atoms with E-state index in [0.29, 0.717) is 18.5 Å². The van der Waals surface area contributed by atoms with Crippen molar-refractivity contribution in [2.75, 3.05) is 13.1 Å². The molecule has 0 spiro atoms. The molecule has 0 aliphatic heterocycles. The minimum absolute atomic E-state index is 0.157. The molecule has 0 radical (unpaired) electrons. The summed E-state index contributed by atoms with van der Waals surface area (Å²) in [6, 6.07) is 7.14. The molecule has 16 heavy (non-hydrogen) atoms.